The van der Waals surface area contributed by atoms with Gasteiger partial charge in [-0.3, -0.25) is 0 Å². The van der Waals surface area contributed by atoms with E-state index >= 15 is 0 Å². The van der Waals surface area contributed by atoms with Crippen molar-refractivity contribution in [1.82, 2.24) is 0 Å². The summed E-state index contributed by atoms with van der Waals surface area (Å²) in [5.74, 6) is -19.7. The van der Waals surface area contributed by atoms with E-state index in [-0.39, 0.29) is 0 Å². The quantitative estimate of drug-likeness (QED) is 0.175. The van der Waals surface area contributed by atoms with Crippen LogP contribution in [0.15, 0.2) is 0 Å². The summed E-state index contributed by atoms with van der Waals surface area (Å²) >= 11 is 33.9. The van der Waals surface area contributed by atoms with Crippen LogP contribution < -0.4 is 11.5 Å². The molecular weight excluding hydrogens is 573 g/mol. The highest BCUT2D eigenvalue weighted by Crippen LogP contribution is 2.64. The number of alkyl halides is 6. The standard InChI is InChI=1S/C15H4Cl6F8N2/c16-14(17,18)13(15(19,20)21,1-3(22)7(26)11(30)8(27)4(1)23)2-5(24)9(28)12(31)10(29)6(2)25/h30-31H2. The fourth-order valence-corrected chi connectivity index (χ4v) is 5.23. The molecule has 0 aromatic heterocycles. The van der Waals surface area contributed by atoms with Gasteiger partial charge in [-0.15, -0.1) is 0 Å². The van der Waals surface area contributed by atoms with Crippen molar-refractivity contribution < 1.29 is 35.1 Å². The van der Waals surface area contributed by atoms with Gasteiger partial charge in [-0.1, -0.05) is 69.6 Å². The van der Waals surface area contributed by atoms with E-state index in [9.17, 15) is 35.1 Å². The van der Waals surface area contributed by atoms with Crippen molar-refractivity contribution in [3.8, 4) is 0 Å². The molecule has 0 aliphatic heterocycles. The molecule has 2 rings (SSSR count). The molecule has 0 saturated carbocycles. The molecule has 4 N–H and O–H groups in total. The third-order valence-corrected chi connectivity index (χ3v) is 5.90. The van der Waals surface area contributed by atoms with Crippen LogP contribution in [0.5, 0.6) is 0 Å². The average Bonchev–Trinajstić information content (AvgIpc) is 2.64. The van der Waals surface area contributed by atoms with Crippen molar-refractivity contribution in [2.75, 3.05) is 11.5 Å². The van der Waals surface area contributed by atoms with E-state index in [0.29, 0.717) is 0 Å². The van der Waals surface area contributed by atoms with E-state index in [1.165, 1.54) is 0 Å². The van der Waals surface area contributed by atoms with Crippen molar-refractivity contribution in [3.05, 3.63) is 57.7 Å². The zero-order chi connectivity index (χ0) is 24.4. The number of rotatable bonds is 2. The van der Waals surface area contributed by atoms with Gasteiger partial charge in [-0.2, -0.15) is 0 Å². The summed E-state index contributed by atoms with van der Waals surface area (Å²) in [6.07, 6.45) is 0. The molecule has 16 heteroatoms. The molecule has 0 atom stereocenters. The molecule has 31 heavy (non-hydrogen) atoms. The molecule has 2 nitrogen and oxygen atoms in total. The zero-order valence-corrected chi connectivity index (χ0v) is 18.5. The molecule has 172 valence electrons. The van der Waals surface area contributed by atoms with Gasteiger partial charge in [0.2, 0.25) is 7.59 Å². The second kappa shape index (κ2) is 8.22. The summed E-state index contributed by atoms with van der Waals surface area (Å²) < 4.78 is 109. The Labute approximate surface area is 197 Å². The smallest absolute Gasteiger partial charge is 0.208 e. The van der Waals surface area contributed by atoms with Gasteiger partial charge in [0.15, 0.2) is 46.5 Å². The molecule has 0 aliphatic rings. The number of benzene rings is 2. The first-order valence-corrected chi connectivity index (χ1v) is 9.49. The zero-order valence-electron chi connectivity index (χ0n) is 13.9. The Morgan fingerprint density at radius 2 is 0.613 bits per heavy atom. The first-order valence-electron chi connectivity index (χ1n) is 7.22. The van der Waals surface area contributed by atoms with Crippen molar-refractivity contribution >= 4 is 81.0 Å². The summed E-state index contributed by atoms with van der Waals surface area (Å²) in [5.41, 5.74) is -2.38. The second-order valence-corrected chi connectivity index (χ2v) is 10.4. The maximum Gasteiger partial charge on any atom is 0.208 e. The Balaban J connectivity index is 3.41. The molecule has 2 aromatic rings. The first-order chi connectivity index (χ1) is 13.9. The van der Waals surface area contributed by atoms with Crippen LogP contribution in [0.1, 0.15) is 11.1 Å². The number of hydrogen-bond donors (Lipinski definition) is 2. The molecule has 0 fully saturated rings. The lowest BCUT2D eigenvalue weighted by Crippen LogP contribution is -2.54. The van der Waals surface area contributed by atoms with Crippen molar-refractivity contribution in [3.63, 3.8) is 0 Å². The van der Waals surface area contributed by atoms with Crippen LogP contribution in [0.4, 0.5) is 46.5 Å². The molecule has 0 spiro atoms. The number of anilines is 2. The van der Waals surface area contributed by atoms with Gasteiger partial charge < -0.3 is 11.5 Å². The SMILES string of the molecule is Nc1c(F)c(F)c(C(c2c(F)c(F)c(N)c(F)c2F)(C(Cl)(Cl)Cl)C(Cl)(Cl)Cl)c(F)c1F. The van der Waals surface area contributed by atoms with Crippen LogP contribution in [-0.2, 0) is 5.41 Å². The van der Waals surface area contributed by atoms with E-state index < -0.39 is 82.0 Å². The fraction of sp³-hybridized carbons (Fsp3) is 0.200. The van der Waals surface area contributed by atoms with E-state index in [2.05, 4.69) is 0 Å². The Morgan fingerprint density at radius 3 is 0.774 bits per heavy atom. The van der Waals surface area contributed by atoms with Crippen LogP contribution in [0.3, 0.4) is 0 Å². The van der Waals surface area contributed by atoms with Crippen molar-refractivity contribution in [1.29, 1.82) is 0 Å². The molecular formula is C15H4Cl6F8N2. The number of hydrogen-bond acceptors (Lipinski definition) is 2. The molecule has 0 radical (unpaired) electrons. The van der Waals surface area contributed by atoms with Crippen LogP contribution in [0, 0.1) is 46.5 Å². The Kier molecular flexibility index (Phi) is 7.02. The normalized spacial score (nSPS) is 13.1. The third kappa shape index (κ3) is 3.63. The van der Waals surface area contributed by atoms with Gasteiger partial charge in [0, 0.05) is 11.1 Å². The van der Waals surface area contributed by atoms with Gasteiger partial charge >= 0.3 is 0 Å². The minimum Gasteiger partial charge on any atom is -0.394 e. The average molecular weight is 577 g/mol. The maximum absolute atomic E-state index is 14.8. The van der Waals surface area contributed by atoms with Gasteiger partial charge in [-0.25, -0.2) is 35.1 Å². The molecule has 2 aromatic carbocycles. The Morgan fingerprint density at radius 1 is 0.419 bits per heavy atom. The number of nitrogens with two attached hydrogens (primary N) is 2. The highest BCUT2D eigenvalue weighted by molar-refractivity contribution is 6.74. The maximum atomic E-state index is 14.8. The largest absolute Gasteiger partial charge is 0.394 e. The van der Waals surface area contributed by atoms with E-state index in [4.69, 9.17) is 81.1 Å². The van der Waals surface area contributed by atoms with E-state index in [1.54, 1.807) is 0 Å². The van der Waals surface area contributed by atoms with Crippen LogP contribution >= 0.6 is 69.6 Å². The van der Waals surface area contributed by atoms with Crippen LogP contribution in [0.2, 0.25) is 0 Å². The highest BCUT2D eigenvalue weighted by atomic mass is 35.6. The monoisotopic (exact) mass is 574 g/mol. The summed E-state index contributed by atoms with van der Waals surface area (Å²) in [4.78, 5) is 0. The lowest BCUT2D eigenvalue weighted by atomic mass is 9.74. The van der Waals surface area contributed by atoms with Gasteiger partial charge in [0.25, 0.3) is 0 Å². The Bertz CT molecular complexity index is 940. The number of nitrogen functional groups attached to an aromatic ring is 2. The van der Waals surface area contributed by atoms with Crippen LogP contribution in [-0.4, -0.2) is 7.59 Å². The first kappa shape index (κ1) is 26.5. The minimum absolute atomic E-state index is 1.75. The highest BCUT2D eigenvalue weighted by Gasteiger charge is 2.68. The molecule has 0 unspecified atom stereocenters. The topological polar surface area (TPSA) is 52.0 Å². The summed E-state index contributed by atoms with van der Waals surface area (Å²) in [6, 6.07) is 0. The summed E-state index contributed by atoms with van der Waals surface area (Å²) in [7, 11) is 0. The molecule has 0 bridgehead atoms. The minimum atomic E-state index is -4.11. The predicted octanol–water partition coefficient (Wildman–Crippen LogP) is 6.99. The number of halogens is 14. The Hall–Kier alpha value is -0.780. The second-order valence-electron chi connectivity index (χ2n) is 5.83. The molecule has 0 aliphatic carbocycles. The van der Waals surface area contributed by atoms with Gasteiger partial charge in [0.1, 0.15) is 16.8 Å². The van der Waals surface area contributed by atoms with Gasteiger partial charge in [-0.05, 0) is 0 Å². The molecule has 0 amide bonds. The van der Waals surface area contributed by atoms with Crippen LogP contribution in [0.25, 0.3) is 0 Å². The van der Waals surface area contributed by atoms with E-state index in [1.807, 2.05) is 0 Å². The summed E-state index contributed by atoms with van der Waals surface area (Å²) in [5, 5.41) is 0. The van der Waals surface area contributed by atoms with Gasteiger partial charge in [0.05, 0.1) is 0 Å². The predicted molar refractivity (Wildman–Crippen MR) is 103 cm³/mol. The lowest BCUT2D eigenvalue weighted by Gasteiger charge is -2.45. The molecule has 0 saturated heterocycles. The van der Waals surface area contributed by atoms with Crippen molar-refractivity contribution in [2.45, 2.75) is 13.0 Å². The summed E-state index contributed by atoms with van der Waals surface area (Å²) in [6.45, 7) is 0. The van der Waals surface area contributed by atoms with Crippen molar-refractivity contribution in [2.24, 2.45) is 0 Å². The lowest BCUT2D eigenvalue weighted by molar-refractivity contribution is 0.362. The van der Waals surface area contributed by atoms with E-state index in [0.717, 1.165) is 0 Å². The molecule has 0 heterocycles. The fourth-order valence-electron chi connectivity index (χ4n) is 2.81. The third-order valence-electron chi connectivity index (χ3n) is 4.20.